The summed E-state index contributed by atoms with van der Waals surface area (Å²) in [6, 6.07) is 19.9. The molecule has 3 rings (SSSR count). The monoisotopic (exact) mass is 265 g/mol. The molecule has 0 saturated carbocycles. The van der Waals surface area contributed by atoms with Crippen LogP contribution in [0.5, 0.6) is 0 Å². The molecule has 0 spiro atoms. The van der Waals surface area contributed by atoms with E-state index in [-0.39, 0.29) is 0 Å². The molecular weight excluding hydrogens is 242 g/mol. The van der Waals surface area contributed by atoms with Crippen molar-refractivity contribution in [2.24, 2.45) is 0 Å². The number of nitrogens with zero attached hydrogens (tertiary/aromatic N) is 1. The Morgan fingerprint density at radius 1 is 0.950 bits per heavy atom. The lowest BCUT2D eigenvalue weighted by atomic mass is 9.89. The van der Waals surface area contributed by atoms with Crippen molar-refractivity contribution < 1.29 is 0 Å². The van der Waals surface area contributed by atoms with Crippen molar-refractivity contribution in [3.63, 3.8) is 0 Å². The van der Waals surface area contributed by atoms with Gasteiger partial charge in [-0.05, 0) is 49.9 Å². The van der Waals surface area contributed by atoms with Crippen molar-refractivity contribution in [1.82, 2.24) is 4.90 Å². The van der Waals surface area contributed by atoms with Crippen LogP contribution >= 0.6 is 0 Å². The molecule has 2 aromatic rings. The lowest BCUT2D eigenvalue weighted by molar-refractivity contribution is 0.204. The van der Waals surface area contributed by atoms with E-state index in [0.29, 0.717) is 0 Å². The molecule has 1 aliphatic rings. The average Bonchev–Trinajstić information content (AvgIpc) is 2.49. The SMILES string of the molecule is Cc1cccc(CN2CCC(c3ccccc3)CC2)c1. The van der Waals surface area contributed by atoms with Gasteiger partial charge in [-0.3, -0.25) is 4.90 Å². The van der Waals surface area contributed by atoms with E-state index >= 15 is 0 Å². The fourth-order valence-corrected chi connectivity index (χ4v) is 3.22. The molecule has 2 aromatic carbocycles. The summed E-state index contributed by atoms with van der Waals surface area (Å²) in [5.74, 6) is 0.755. The number of benzene rings is 2. The molecular formula is C19H23N. The second-order valence-electron chi connectivity index (χ2n) is 5.95. The van der Waals surface area contributed by atoms with E-state index in [1.54, 1.807) is 0 Å². The molecule has 1 saturated heterocycles. The summed E-state index contributed by atoms with van der Waals surface area (Å²) in [7, 11) is 0. The average molecular weight is 265 g/mol. The Hall–Kier alpha value is -1.60. The maximum Gasteiger partial charge on any atom is 0.0233 e. The maximum atomic E-state index is 2.59. The van der Waals surface area contributed by atoms with Crippen LogP contribution in [0.2, 0.25) is 0 Å². The molecule has 0 radical (unpaired) electrons. The van der Waals surface area contributed by atoms with Crippen molar-refractivity contribution >= 4 is 0 Å². The van der Waals surface area contributed by atoms with E-state index in [1.165, 1.54) is 42.6 Å². The quantitative estimate of drug-likeness (QED) is 0.796. The van der Waals surface area contributed by atoms with Crippen LogP contribution in [0.15, 0.2) is 54.6 Å². The molecule has 1 heteroatoms. The first kappa shape index (κ1) is 13.4. The molecule has 0 amide bonds. The zero-order chi connectivity index (χ0) is 13.8. The number of likely N-dealkylation sites (tertiary alicyclic amines) is 1. The van der Waals surface area contributed by atoms with Crippen LogP contribution in [0.1, 0.15) is 35.4 Å². The highest BCUT2D eigenvalue weighted by atomic mass is 15.1. The van der Waals surface area contributed by atoms with E-state index < -0.39 is 0 Å². The van der Waals surface area contributed by atoms with Crippen LogP contribution in [-0.4, -0.2) is 18.0 Å². The maximum absolute atomic E-state index is 2.59. The summed E-state index contributed by atoms with van der Waals surface area (Å²) in [5.41, 5.74) is 4.33. The molecule has 0 aliphatic carbocycles. The third-order valence-corrected chi connectivity index (χ3v) is 4.35. The molecule has 1 aliphatic heterocycles. The third kappa shape index (κ3) is 3.29. The Morgan fingerprint density at radius 3 is 2.40 bits per heavy atom. The summed E-state index contributed by atoms with van der Waals surface area (Å²) in [4.78, 5) is 2.59. The van der Waals surface area contributed by atoms with Gasteiger partial charge in [0, 0.05) is 6.54 Å². The largest absolute Gasteiger partial charge is 0.299 e. The summed E-state index contributed by atoms with van der Waals surface area (Å²) in [6.07, 6.45) is 2.58. The zero-order valence-corrected chi connectivity index (χ0v) is 12.3. The minimum absolute atomic E-state index is 0.755. The molecule has 0 N–H and O–H groups in total. The van der Waals surface area contributed by atoms with Crippen LogP contribution in [-0.2, 0) is 6.54 Å². The molecule has 1 fully saturated rings. The van der Waals surface area contributed by atoms with Crippen LogP contribution in [0.4, 0.5) is 0 Å². The number of rotatable bonds is 3. The van der Waals surface area contributed by atoms with Gasteiger partial charge in [-0.1, -0.05) is 60.2 Å². The second kappa shape index (κ2) is 6.23. The predicted molar refractivity (Wildman–Crippen MR) is 84.9 cm³/mol. The van der Waals surface area contributed by atoms with Gasteiger partial charge >= 0.3 is 0 Å². The summed E-state index contributed by atoms with van der Waals surface area (Å²) in [5, 5.41) is 0. The van der Waals surface area contributed by atoms with Gasteiger partial charge in [0.1, 0.15) is 0 Å². The molecule has 0 bridgehead atoms. The fourth-order valence-electron chi connectivity index (χ4n) is 3.22. The van der Waals surface area contributed by atoms with Gasteiger partial charge in [0.15, 0.2) is 0 Å². The van der Waals surface area contributed by atoms with Gasteiger partial charge in [-0.15, -0.1) is 0 Å². The van der Waals surface area contributed by atoms with Gasteiger partial charge in [-0.2, -0.15) is 0 Å². The zero-order valence-electron chi connectivity index (χ0n) is 12.3. The summed E-state index contributed by atoms with van der Waals surface area (Å²) < 4.78 is 0. The number of hydrogen-bond donors (Lipinski definition) is 0. The molecule has 0 atom stereocenters. The van der Waals surface area contributed by atoms with Gasteiger partial charge in [0.2, 0.25) is 0 Å². The van der Waals surface area contributed by atoms with Gasteiger partial charge in [-0.25, -0.2) is 0 Å². The highest BCUT2D eigenvalue weighted by molar-refractivity contribution is 5.23. The number of hydrogen-bond acceptors (Lipinski definition) is 1. The van der Waals surface area contributed by atoms with Crippen LogP contribution in [0, 0.1) is 6.92 Å². The molecule has 104 valence electrons. The minimum Gasteiger partial charge on any atom is -0.299 e. The first-order valence-corrected chi connectivity index (χ1v) is 7.64. The number of aryl methyl sites for hydroxylation is 1. The molecule has 20 heavy (non-hydrogen) atoms. The van der Waals surface area contributed by atoms with Crippen molar-refractivity contribution in [1.29, 1.82) is 0 Å². The second-order valence-corrected chi connectivity index (χ2v) is 5.95. The molecule has 1 nitrogen and oxygen atoms in total. The van der Waals surface area contributed by atoms with Crippen molar-refractivity contribution in [3.05, 3.63) is 71.3 Å². The predicted octanol–water partition coefficient (Wildman–Crippen LogP) is 4.37. The smallest absolute Gasteiger partial charge is 0.0233 e. The lowest BCUT2D eigenvalue weighted by Crippen LogP contribution is -2.32. The van der Waals surface area contributed by atoms with Gasteiger partial charge in [0.25, 0.3) is 0 Å². The Morgan fingerprint density at radius 2 is 1.70 bits per heavy atom. The highest BCUT2D eigenvalue weighted by Gasteiger charge is 2.20. The highest BCUT2D eigenvalue weighted by Crippen LogP contribution is 2.28. The van der Waals surface area contributed by atoms with Gasteiger partial charge in [0.05, 0.1) is 0 Å². The summed E-state index contributed by atoms with van der Waals surface area (Å²) >= 11 is 0. The van der Waals surface area contributed by atoms with Crippen molar-refractivity contribution in [2.45, 2.75) is 32.2 Å². The standard InChI is InChI=1S/C19H23N/c1-16-6-5-7-17(14-16)15-20-12-10-19(11-13-20)18-8-3-2-4-9-18/h2-9,14,19H,10-13,15H2,1H3. The normalized spacial score (nSPS) is 17.2. The Balaban J connectivity index is 1.56. The van der Waals surface area contributed by atoms with E-state index in [9.17, 15) is 0 Å². The fraction of sp³-hybridized carbons (Fsp3) is 0.368. The Labute approximate surface area is 122 Å². The Kier molecular flexibility index (Phi) is 4.17. The van der Waals surface area contributed by atoms with Crippen LogP contribution in [0.25, 0.3) is 0 Å². The molecule has 0 aromatic heterocycles. The van der Waals surface area contributed by atoms with E-state index in [2.05, 4.69) is 66.4 Å². The molecule has 1 heterocycles. The van der Waals surface area contributed by atoms with Gasteiger partial charge < -0.3 is 0 Å². The van der Waals surface area contributed by atoms with Crippen LogP contribution in [0.3, 0.4) is 0 Å². The van der Waals surface area contributed by atoms with Crippen molar-refractivity contribution in [2.75, 3.05) is 13.1 Å². The first-order valence-electron chi connectivity index (χ1n) is 7.64. The van der Waals surface area contributed by atoms with E-state index in [0.717, 1.165) is 12.5 Å². The Bertz CT molecular complexity index is 539. The summed E-state index contributed by atoms with van der Waals surface area (Å²) in [6.45, 7) is 5.70. The van der Waals surface area contributed by atoms with E-state index in [1.807, 2.05) is 0 Å². The van der Waals surface area contributed by atoms with Crippen molar-refractivity contribution in [3.8, 4) is 0 Å². The minimum atomic E-state index is 0.755. The lowest BCUT2D eigenvalue weighted by Gasteiger charge is -2.32. The topological polar surface area (TPSA) is 3.24 Å². The molecule has 0 unspecified atom stereocenters. The first-order chi connectivity index (χ1) is 9.81. The van der Waals surface area contributed by atoms with E-state index in [4.69, 9.17) is 0 Å². The van der Waals surface area contributed by atoms with Crippen LogP contribution < -0.4 is 0 Å². The third-order valence-electron chi connectivity index (χ3n) is 4.35. The number of piperidine rings is 1.